The van der Waals surface area contributed by atoms with Crippen molar-refractivity contribution in [2.75, 3.05) is 17.9 Å². The van der Waals surface area contributed by atoms with Crippen LogP contribution in [0.5, 0.6) is 23.1 Å². The number of nitrogens with one attached hydrogen (secondary N) is 1. The highest BCUT2D eigenvalue weighted by molar-refractivity contribution is 7.92. The number of hydrogen-bond donors (Lipinski definition) is 1. The average molecular weight is 494 g/mol. The molecule has 5 rings (SSSR count). The van der Waals surface area contributed by atoms with Gasteiger partial charge in [0.15, 0.2) is 17.3 Å². The average Bonchev–Trinajstić information content (AvgIpc) is 3.17. The van der Waals surface area contributed by atoms with Crippen LogP contribution in [0.3, 0.4) is 0 Å². The maximum atomic E-state index is 12.8. The third kappa shape index (κ3) is 4.90. The van der Waals surface area contributed by atoms with E-state index in [1.54, 1.807) is 48.0 Å². The summed E-state index contributed by atoms with van der Waals surface area (Å²) in [5.74, 6) is 2.91. The Hall–Kier alpha value is -4.12. The zero-order valence-corrected chi connectivity index (χ0v) is 20.2. The molecule has 180 valence electrons. The number of anilines is 1. The van der Waals surface area contributed by atoms with E-state index in [9.17, 15) is 8.42 Å². The molecule has 0 saturated carbocycles. The highest BCUT2D eigenvalue weighted by Gasteiger charge is 2.19. The minimum atomic E-state index is -3.82. The third-order valence-corrected chi connectivity index (χ3v) is 6.56. The van der Waals surface area contributed by atoms with Gasteiger partial charge in [-0.05, 0) is 63.2 Å². The van der Waals surface area contributed by atoms with E-state index in [1.165, 1.54) is 12.1 Å². The van der Waals surface area contributed by atoms with E-state index in [2.05, 4.69) is 19.8 Å². The maximum Gasteiger partial charge on any atom is 0.262 e. The first-order chi connectivity index (χ1) is 16.8. The van der Waals surface area contributed by atoms with Gasteiger partial charge in [0.2, 0.25) is 5.88 Å². The summed E-state index contributed by atoms with van der Waals surface area (Å²) in [5.41, 5.74) is 2.21. The van der Waals surface area contributed by atoms with Crippen LogP contribution < -0.4 is 18.9 Å². The van der Waals surface area contributed by atoms with Gasteiger partial charge in [-0.3, -0.25) is 4.72 Å². The van der Waals surface area contributed by atoms with E-state index in [0.29, 0.717) is 53.7 Å². The van der Waals surface area contributed by atoms with Crippen molar-refractivity contribution in [3.05, 3.63) is 71.8 Å². The van der Waals surface area contributed by atoms with Crippen LogP contribution in [0.25, 0.3) is 5.82 Å². The number of ether oxygens (including phenoxy) is 3. The smallest absolute Gasteiger partial charge is 0.262 e. The minimum Gasteiger partial charge on any atom is -0.486 e. The van der Waals surface area contributed by atoms with Gasteiger partial charge in [0.25, 0.3) is 10.0 Å². The monoisotopic (exact) mass is 493 g/mol. The molecule has 0 bridgehead atoms. The molecule has 1 aliphatic heterocycles. The molecule has 1 aliphatic rings. The van der Waals surface area contributed by atoms with Crippen LogP contribution >= 0.6 is 0 Å². The van der Waals surface area contributed by atoms with Crippen LogP contribution in [0.2, 0.25) is 0 Å². The quantitative estimate of drug-likeness (QED) is 0.429. The lowest BCUT2D eigenvalue weighted by molar-refractivity contribution is 0.171. The Labute approximate surface area is 202 Å². The predicted octanol–water partition coefficient (Wildman–Crippen LogP) is 3.95. The number of benzene rings is 2. The second-order valence-corrected chi connectivity index (χ2v) is 9.67. The fourth-order valence-electron chi connectivity index (χ4n) is 3.66. The third-order valence-electron chi connectivity index (χ3n) is 5.18. The molecule has 0 aliphatic carbocycles. The van der Waals surface area contributed by atoms with Crippen molar-refractivity contribution in [1.82, 2.24) is 19.7 Å². The zero-order valence-electron chi connectivity index (χ0n) is 19.3. The van der Waals surface area contributed by atoms with E-state index in [4.69, 9.17) is 14.2 Å². The molecule has 0 fully saturated rings. The number of aryl methyl sites for hydroxylation is 3. The van der Waals surface area contributed by atoms with Crippen molar-refractivity contribution in [2.45, 2.75) is 25.7 Å². The van der Waals surface area contributed by atoms with Crippen LogP contribution in [0, 0.1) is 20.8 Å². The van der Waals surface area contributed by atoms with Gasteiger partial charge in [-0.25, -0.2) is 18.1 Å². The molecule has 10 nitrogen and oxygen atoms in total. The van der Waals surface area contributed by atoms with Crippen molar-refractivity contribution < 1.29 is 22.6 Å². The van der Waals surface area contributed by atoms with Crippen LogP contribution in [0.1, 0.15) is 17.2 Å². The molecule has 0 radical (unpaired) electrons. The fourth-order valence-corrected chi connectivity index (χ4v) is 4.74. The molecule has 0 amide bonds. The summed E-state index contributed by atoms with van der Waals surface area (Å²) in [6.45, 7) is 6.45. The van der Waals surface area contributed by atoms with Gasteiger partial charge < -0.3 is 14.2 Å². The largest absolute Gasteiger partial charge is 0.486 e. The summed E-state index contributed by atoms with van der Waals surface area (Å²) >= 11 is 0. The lowest BCUT2D eigenvalue weighted by Gasteiger charge is -2.19. The van der Waals surface area contributed by atoms with Gasteiger partial charge in [0, 0.05) is 23.5 Å². The number of aromatic nitrogens is 4. The molecule has 11 heteroatoms. The lowest BCUT2D eigenvalue weighted by Crippen LogP contribution is -2.17. The Morgan fingerprint density at radius 2 is 1.66 bits per heavy atom. The Balaban J connectivity index is 1.32. The highest BCUT2D eigenvalue weighted by atomic mass is 32.2. The molecule has 3 heterocycles. The fraction of sp³-hybridized carbons (Fsp3) is 0.208. The summed E-state index contributed by atoms with van der Waals surface area (Å²) in [6.07, 6.45) is 0. The Bertz CT molecular complexity index is 1500. The molecule has 0 atom stereocenters. The molecule has 1 N–H and O–H groups in total. The molecule has 2 aromatic carbocycles. The lowest BCUT2D eigenvalue weighted by atomic mass is 10.3. The van der Waals surface area contributed by atoms with Crippen LogP contribution in [0.15, 0.2) is 59.5 Å². The number of fused-ring (bicyclic) bond motifs is 1. The normalized spacial score (nSPS) is 12.9. The van der Waals surface area contributed by atoms with Crippen LogP contribution in [-0.2, 0) is 10.0 Å². The predicted molar refractivity (Wildman–Crippen MR) is 128 cm³/mol. The number of hydrogen-bond acceptors (Lipinski definition) is 8. The summed E-state index contributed by atoms with van der Waals surface area (Å²) in [4.78, 5) is 8.86. The molecule has 0 saturated heterocycles. The highest BCUT2D eigenvalue weighted by Crippen LogP contribution is 2.33. The summed E-state index contributed by atoms with van der Waals surface area (Å²) < 4.78 is 46.8. The first kappa shape index (κ1) is 22.7. The van der Waals surface area contributed by atoms with E-state index in [-0.39, 0.29) is 4.90 Å². The van der Waals surface area contributed by atoms with Crippen molar-refractivity contribution in [1.29, 1.82) is 0 Å². The summed E-state index contributed by atoms with van der Waals surface area (Å²) in [7, 11) is -3.82. The Kier molecular flexibility index (Phi) is 5.77. The number of nitrogens with zero attached hydrogens (tertiary/aromatic N) is 4. The van der Waals surface area contributed by atoms with E-state index in [1.807, 2.05) is 19.9 Å². The zero-order chi connectivity index (χ0) is 24.6. The molecule has 2 aromatic heterocycles. The first-order valence-electron chi connectivity index (χ1n) is 10.9. The Morgan fingerprint density at radius 3 is 2.37 bits per heavy atom. The van der Waals surface area contributed by atoms with E-state index < -0.39 is 10.0 Å². The molecular weight excluding hydrogens is 470 g/mol. The number of sulfonamides is 1. The van der Waals surface area contributed by atoms with Crippen molar-refractivity contribution in [3.63, 3.8) is 0 Å². The minimum absolute atomic E-state index is 0.0789. The second kappa shape index (κ2) is 8.91. The topological polar surface area (TPSA) is 117 Å². The van der Waals surface area contributed by atoms with Gasteiger partial charge in [0.1, 0.15) is 24.8 Å². The van der Waals surface area contributed by atoms with Gasteiger partial charge >= 0.3 is 0 Å². The van der Waals surface area contributed by atoms with E-state index in [0.717, 1.165) is 11.4 Å². The molecule has 0 unspecified atom stereocenters. The van der Waals surface area contributed by atoms with Crippen molar-refractivity contribution in [2.24, 2.45) is 0 Å². The standard InChI is InChI=1S/C24H23N5O5S/c1-15-12-16(2)29(27-15)23-14-24(26-17(3)25-23)34-19-6-4-18(5-7-19)28-35(30,31)20-8-9-21-22(13-20)33-11-10-32-21/h4-9,12-14,28H,10-11H2,1-3H3. The second-order valence-electron chi connectivity index (χ2n) is 7.99. The molecule has 0 spiro atoms. The van der Waals surface area contributed by atoms with Gasteiger partial charge in [-0.15, -0.1) is 0 Å². The van der Waals surface area contributed by atoms with Gasteiger partial charge in [-0.2, -0.15) is 10.1 Å². The Morgan fingerprint density at radius 1 is 0.914 bits per heavy atom. The summed E-state index contributed by atoms with van der Waals surface area (Å²) in [5, 5.41) is 4.45. The van der Waals surface area contributed by atoms with Gasteiger partial charge in [-0.1, -0.05) is 0 Å². The summed E-state index contributed by atoms with van der Waals surface area (Å²) in [6, 6.07) is 14.7. The van der Waals surface area contributed by atoms with Crippen molar-refractivity contribution >= 4 is 15.7 Å². The van der Waals surface area contributed by atoms with Crippen LogP contribution in [0.4, 0.5) is 5.69 Å². The molecular formula is C24H23N5O5S. The SMILES string of the molecule is Cc1cc(C)n(-c2cc(Oc3ccc(NS(=O)(=O)c4ccc5c(c4)OCCO5)cc3)nc(C)n2)n1. The van der Waals surface area contributed by atoms with Crippen molar-refractivity contribution in [3.8, 4) is 28.9 Å². The molecule has 4 aromatic rings. The van der Waals surface area contributed by atoms with E-state index >= 15 is 0 Å². The van der Waals surface area contributed by atoms with Crippen LogP contribution in [-0.4, -0.2) is 41.4 Å². The maximum absolute atomic E-state index is 12.8. The van der Waals surface area contributed by atoms with Gasteiger partial charge in [0.05, 0.1) is 10.6 Å². The molecule has 35 heavy (non-hydrogen) atoms. The first-order valence-corrected chi connectivity index (χ1v) is 12.3. The number of rotatable bonds is 6.